The van der Waals surface area contributed by atoms with Crippen molar-refractivity contribution in [1.82, 2.24) is 9.97 Å². The summed E-state index contributed by atoms with van der Waals surface area (Å²) in [6, 6.07) is 3.16. The zero-order valence-electron chi connectivity index (χ0n) is 13.7. The fraction of sp³-hybridized carbons (Fsp3) is 0.250. The number of hydrogen-bond donors (Lipinski definition) is 3. The number of nitrogens with one attached hydrogen (secondary N) is 2. The molecule has 142 valence electrons. The van der Waals surface area contributed by atoms with Crippen LogP contribution in [-0.2, 0) is 10.3 Å². The van der Waals surface area contributed by atoms with Gasteiger partial charge in [-0.15, -0.1) is 0 Å². The number of H-pyrrole nitrogens is 1. The second-order valence-corrected chi connectivity index (χ2v) is 5.77. The molecule has 0 saturated carbocycles. The highest BCUT2D eigenvalue weighted by molar-refractivity contribution is 6.02. The molecule has 8 nitrogen and oxygen atoms in total. The van der Waals surface area contributed by atoms with Gasteiger partial charge in [-0.1, -0.05) is 0 Å². The maximum atomic E-state index is 14.3. The number of halogens is 3. The van der Waals surface area contributed by atoms with Crippen molar-refractivity contribution in [1.29, 1.82) is 0 Å². The molecule has 3 rings (SSSR count). The highest BCUT2D eigenvalue weighted by Gasteiger charge is 2.46. The molecule has 1 aliphatic rings. The molecule has 2 heterocycles. The maximum absolute atomic E-state index is 14.3. The molecule has 1 aromatic heterocycles. The van der Waals surface area contributed by atoms with Crippen LogP contribution >= 0.6 is 0 Å². The third kappa shape index (κ3) is 3.67. The number of benzene rings is 1. The van der Waals surface area contributed by atoms with Crippen LogP contribution in [0.1, 0.15) is 16.1 Å². The molecule has 11 heteroatoms. The number of rotatable bonds is 4. The van der Waals surface area contributed by atoms with Crippen molar-refractivity contribution in [2.75, 3.05) is 18.5 Å². The van der Waals surface area contributed by atoms with Gasteiger partial charge >= 0.3 is 0 Å². The first-order valence-corrected chi connectivity index (χ1v) is 7.68. The van der Waals surface area contributed by atoms with E-state index in [0.29, 0.717) is 0 Å². The minimum absolute atomic E-state index is 0.0313. The van der Waals surface area contributed by atoms with E-state index >= 15 is 0 Å². The Morgan fingerprint density at radius 1 is 1.41 bits per heavy atom. The summed E-state index contributed by atoms with van der Waals surface area (Å²) >= 11 is 0. The Labute approximate surface area is 150 Å². The maximum Gasteiger partial charge on any atom is 0.275 e. The van der Waals surface area contributed by atoms with Gasteiger partial charge in [0.25, 0.3) is 17.9 Å². The monoisotopic (exact) mass is 381 g/mol. The second kappa shape index (κ2) is 7.19. The summed E-state index contributed by atoms with van der Waals surface area (Å²) in [4.78, 5) is 32.8. The number of hydrogen-bond acceptors (Lipinski definition) is 6. The largest absolute Gasteiger partial charge is 0.385 e. The second-order valence-electron chi connectivity index (χ2n) is 5.77. The summed E-state index contributed by atoms with van der Waals surface area (Å²) in [5.74, 6) is -1.86. The fourth-order valence-electron chi connectivity index (χ4n) is 2.60. The molecule has 1 aliphatic heterocycles. The molecule has 0 radical (unpaired) electrons. The Kier molecular flexibility index (Phi) is 4.95. The molecule has 0 fully saturated rings. The lowest BCUT2D eigenvalue weighted by molar-refractivity contribution is -0.0145. The van der Waals surface area contributed by atoms with Crippen LogP contribution in [0, 0.1) is 5.82 Å². The summed E-state index contributed by atoms with van der Waals surface area (Å²) in [5, 5.41) is 2.40. The van der Waals surface area contributed by atoms with Gasteiger partial charge in [-0.05, 0) is 18.2 Å². The average Bonchev–Trinajstić information content (AvgIpc) is 2.63. The Hall–Kier alpha value is -3.21. The number of alkyl halides is 2. The van der Waals surface area contributed by atoms with Gasteiger partial charge in [0.15, 0.2) is 5.54 Å². The van der Waals surface area contributed by atoms with E-state index in [1.165, 1.54) is 6.07 Å². The van der Waals surface area contributed by atoms with E-state index in [-0.39, 0.29) is 23.8 Å². The topological polar surface area (TPSA) is 122 Å². The van der Waals surface area contributed by atoms with Crippen LogP contribution in [0.4, 0.5) is 18.9 Å². The molecule has 0 aliphatic carbocycles. The number of amidine groups is 1. The minimum Gasteiger partial charge on any atom is -0.385 e. The molecule has 0 bridgehead atoms. The summed E-state index contributed by atoms with van der Waals surface area (Å²) in [7, 11) is 0. The molecule has 1 unspecified atom stereocenters. The number of aromatic nitrogens is 2. The summed E-state index contributed by atoms with van der Waals surface area (Å²) in [6.07, 6.45) is -1.10. The smallest absolute Gasteiger partial charge is 0.275 e. The van der Waals surface area contributed by atoms with Crippen LogP contribution in [0.25, 0.3) is 0 Å². The highest BCUT2D eigenvalue weighted by Crippen LogP contribution is 2.37. The van der Waals surface area contributed by atoms with Crippen molar-refractivity contribution in [3.05, 3.63) is 58.0 Å². The van der Waals surface area contributed by atoms with E-state index in [0.717, 1.165) is 24.5 Å². The predicted molar refractivity (Wildman–Crippen MR) is 89.3 cm³/mol. The van der Waals surface area contributed by atoms with Gasteiger partial charge in [0.2, 0.25) is 0 Å². The van der Waals surface area contributed by atoms with E-state index in [2.05, 4.69) is 20.3 Å². The van der Waals surface area contributed by atoms with Crippen molar-refractivity contribution in [2.45, 2.75) is 12.0 Å². The quantitative estimate of drug-likeness (QED) is 0.730. The van der Waals surface area contributed by atoms with Crippen LogP contribution in [0.15, 0.2) is 40.4 Å². The van der Waals surface area contributed by atoms with Gasteiger partial charge in [0.05, 0.1) is 12.8 Å². The van der Waals surface area contributed by atoms with Gasteiger partial charge < -0.3 is 20.8 Å². The number of aromatic amines is 1. The van der Waals surface area contributed by atoms with Crippen molar-refractivity contribution in [3.8, 4) is 0 Å². The number of aliphatic imine (C=N–C) groups is 1. The normalized spacial score (nSPS) is 19.6. The molecule has 1 aromatic carbocycles. The van der Waals surface area contributed by atoms with Crippen LogP contribution in [0.5, 0.6) is 0 Å². The first-order valence-electron chi connectivity index (χ1n) is 7.68. The lowest BCUT2D eigenvalue weighted by atomic mass is 9.90. The zero-order chi connectivity index (χ0) is 19.6. The number of carbonyl (C=O) groups excluding carboxylic acids is 1. The molecular weight excluding hydrogens is 367 g/mol. The predicted octanol–water partition coefficient (Wildman–Crippen LogP) is 1.01. The van der Waals surface area contributed by atoms with Crippen LogP contribution in [-0.4, -0.2) is 41.3 Å². The number of carbonyl (C=O) groups is 1. The van der Waals surface area contributed by atoms with Gasteiger partial charge in [0.1, 0.15) is 24.0 Å². The van der Waals surface area contributed by atoms with Crippen molar-refractivity contribution in [3.63, 3.8) is 0 Å². The third-order valence-corrected chi connectivity index (χ3v) is 3.87. The van der Waals surface area contributed by atoms with Gasteiger partial charge in [0, 0.05) is 17.4 Å². The molecule has 0 saturated heterocycles. The first kappa shape index (κ1) is 18.6. The van der Waals surface area contributed by atoms with Crippen molar-refractivity contribution < 1.29 is 22.7 Å². The van der Waals surface area contributed by atoms with Crippen LogP contribution in [0.2, 0.25) is 0 Å². The van der Waals surface area contributed by atoms with E-state index in [1.54, 1.807) is 0 Å². The lowest BCUT2D eigenvalue weighted by Crippen LogP contribution is -2.45. The van der Waals surface area contributed by atoms with E-state index in [1.807, 2.05) is 0 Å². The van der Waals surface area contributed by atoms with E-state index < -0.39 is 41.4 Å². The number of nitrogens with two attached hydrogens (primary N) is 1. The minimum atomic E-state index is -3.10. The number of ether oxygens (including phenoxy) is 1. The average molecular weight is 381 g/mol. The van der Waals surface area contributed by atoms with Crippen molar-refractivity contribution in [2.24, 2.45) is 10.7 Å². The molecule has 27 heavy (non-hydrogen) atoms. The standard InChI is InChI=1S/C16H14F3N5O3/c17-10-2-1-8(23-14(26)11-4-22-13(25)5-21-11)3-9(10)16(15(18)19)7-27-6-12(20)24-16/h1-5,15H,6-7H2,(H2,20,24)(H,22,25)(H,23,26). The van der Waals surface area contributed by atoms with Crippen molar-refractivity contribution >= 4 is 17.4 Å². The number of anilines is 1. The molecular formula is C16H14F3N5O3. The summed E-state index contributed by atoms with van der Waals surface area (Å²) in [5.41, 5.74) is 2.14. The Bertz CT molecular complexity index is 942. The lowest BCUT2D eigenvalue weighted by Gasteiger charge is -2.33. The summed E-state index contributed by atoms with van der Waals surface area (Å²) < 4.78 is 46.9. The van der Waals surface area contributed by atoms with E-state index in [4.69, 9.17) is 10.5 Å². The molecule has 4 N–H and O–H groups in total. The van der Waals surface area contributed by atoms with E-state index in [9.17, 15) is 22.8 Å². The van der Waals surface area contributed by atoms with Gasteiger partial charge in [-0.2, -0.15) is 0 Å². The fourth-order valence-corrected chi connectivity index (χ4v) is 2.60. The number of amides is 1. The SMILES string of the molecule is NC1=NC(c2cc(NC(=O)c3c[nH]c(=O)cn3)ccc2F)(C(F)F)COC1. The van der Waals surface area contributed by atoms with Gasteiger partial charge in [-0.25, -0.2) is 18.2 Å². The van der Waals surface area contributed by atoms with Crippen LogP contribution in [0.3, 0.4) is 0 Å². The van der Waals surface area contributed by atoms with Crippen LogP contribution < -0.4 is 16.6 Å². The Morgan fingerprint density at radius 2 is 2.19 bits per heavy atom. The Balaban J connectivity index is 1.96. The molecule has 1 amide bonds. The molecule has 0 spiro atoms. The molecule has 1 atom stereocenters. The highest BCUT2D eigenvalue weighted by atomic mass is 19.3. The summed E-state index contributed by atoms with van der Waals surface area (Å²) in [6.45, 7) is -0.703. The Morgan fingerprint density at radius 3 is 2.81 bits per heavy atom. The zero-order valence-corrected chi connectivity index (χ0v) is 13.7. The number of nitrogens with zero attached hydrogens (tertiary/aromatic N) is 2. The third-order valence-electron chi connectivity index (χ3n) is 3.87. The molecule has 2 aromatic rings. The van der Waals surface area contributed by atoms with Gasteiger partial charge in [-0.3, -0.25) is 14.6 Å². The first-order chi connectivity index (χ1) is 12.8.